The molecular formula is C14H14ClFN4S. The summed E-state index contributed by atoms with van der Waals surface area (Å²) < 4.78 is 17.0. The summed E-state index contributed by atoms with van der Waals surface area (Å²) >= 11 is 7.30. The molecule has 110 valence electrons. The molecule has 0 aliphatic carbocycles. The van der Waals surface area contributed by atoms with Crippen molar-refractivity contribution in [3.8, 4) is 10.6 Å². The van der Waals surface area contributed by atoms with Gasteiger partial charge in [-0.2, -0.15) is 5.10 Å². The van der Waals surface area contributed by atoms with Gasteiger partial charge in [0.25, 0.3) is 0 Å². The molecule has 0 bridgehead atoms. The van der Waals surface area contributed by atoms with Gasteiger partial charge in [-0.1, -0.05) is 13.8 Å². The number of nitrogens with zero attached hydrogens (tertiary/aromatic N) is 4. The highest BCUT2D eigenvalue weighted by molar-refractivity contribution is 7.22. The van der Waals surface area contributed by atoms with Crippen LogP contribution in [0.4, 0.5) is 4.39 Å². The average molecular weight is 325 g/mol. The Bertz CT molecular complexity index is 837. The minimum Gasteiger partial charge on any atom is -0.270 e. The summed E-state index contributed by atoms with van der Waals surface area (Å²) in [5, 5.41) is 4.60. The van der Waals surface area contributed by atoms with Gasteiger partial charge in [0, 0.05) is 7.05 Å². The second kappa shape index (κ2) is 5.03. The number of aryl methyl sites for hydroxylation is 2. The van der Waals surface area contributed by atoms with Crippen molar-refractivity contribution in [3.05, 3.63) is 28.6 Å². The molecule has 0 fully saturated rings. The predicted octanol–water partition coefficient (Wildman–Crippen LogP) is 4.32. The molecule has 3 aromatic rings. The Balaban J connectivity index is 2.30. The van der Waals surface area contributed by atoms with Crippen LogP contribution >= 0.6 is 22.9 Å². The summed E-state index contributed by atoms with van der Waals surface area (Å²) in [5.74, 6) is -0.133. The minimum atomic E-state index is -0.470. The number of thiophene rings is 1. The summed E-state index contributed by atoms with van der Waals surface area (Å²) in [5.41, 5.74) is 3.21. The van der Waals surface area contributed by atoms with E-state index >= 15 is 0 Å². The van der Waals surface area contributed by atoms with E-state index in [0.29, 0.717) is 5.92 Å². The molecule has 0 spiro atoms. The number of rotatable bonds is 2. The van der Waals surface area contributed by atoms with E-state index in [1.807, 2.05) is 18.7 Å². The Morgan fingerprint density at radius 1 is 1.38 bits per heavy atom. The van der Waals surface area contributed by atoms with E-state index < -0.39 is 5.82 Å². The van der Waals surface area contributed by atoms with Crippen LogP contribution in [0.1, 0.15) is 31.0 Å². The van der Waals surface area contributed by atoms with E-state index in [1.165, 1.54) is 11.3 Å². The van der Waals surface area contributed by atoms with E-state index in [-0.39, 0.29) is 11.0 Å². The Kier molecular flexibility index (Phi) is 3.45. The topological polar surface area (TPSA) is 43.6 Å². The molecule has 3 heterocycles. The zero-order chi connectivity index (χ0) is 15.3. The lowest BCUT2D eigenvalue weighted by molar-refractivity contribution is 0.618. The molecule has 0 aromatic carbocycles. The lowest BCUT2D eigenvalue weighted by atomic mass is 10.1. The molecule has 4 nitrogen and oxygen atoms in total. The van der Waals surface area contributed by atoms with Crippen LogP contribution in [0, 0.1) is 12.7 Å². The van der Waals surface area contributed by atoms with Crippen molar-refractivity contribution in [2.24, 2.45) is 7.05 Å². The molecular weight excluding hydrogens is 311 g/mol. The maximum absolute atomic E-state index is 14.0. The number of aromatic nitrogens is 4. The van der Waals surface area contributed by atoms with Crippen molar-refractivity contribution in [2.45, 2.75) is 26.7 Å². The Hall–Kier alpha value is -1.53. The zero-order valence-electron chi connectivity index (χ0n) is 12.1. The molecule has 0 radical (unpaired) electrons. The van der Waals surface area contributed by atoms with Crippen LogP contribution in [0.5, 0.6) is 0 Å². The van der Waals surface area contributed by atoms with Crippen molar-refractivity contribution >= 4 is 33.2 Å². The highest BCUT2D eigenvalue weighted by Gasteiger charge is 2.22. The standard InChI is InChI=1S/C14H14ClFN4S/c1-6(2)11-13-9(19-20(11)4)7(3)12(21-13)10-8(16)5-17-14(15)18-10/h5-6H,1-4H3. The van der Waals surface area contributed by atoms with E-state index in [1.54, 1.807) is 0 Å². The second-order valence-corrected chi connectivity index (χ2v) is 6.59. The van der Waals surface area contributed by atoms with Gasteiger partial charge in [-0.25, -0.2) is 14.4 Å². The smallest absolute Gasteiger partial charge is 0.223 e. The normalized spacial score (nSPS) is 11.8. The van der Waals surface area contributed by atoms with Crippen LogP contribution in [0.15, 0.2) is 6.20 Å². The van der Waals surface area contributed by atoms with Gasteiger partial charge in [-0.05, 0) is 30.0 Å². The highest BCUT2D eigenvalue weighted by atomic mass is 35.5. The van der Waals surface area contributed by atoms with Gasteiger partial charge in [-0.15, -0.1) is 11.3 Å². The molecule has 0 unspecified atom stereocenters. The first kappa shape index (κ1) is 14.4. The van der Waals surface area contributed by atoms with Gasteiger partial charge in [0.05, 0.1) is 21.5 Å². The summed E-state index contributed by atoms with van der Waals surface area (Å²) in [6, 6.07) is 0. The first-order valence-corrected chi connectivity index (χ1v) is 7.74. The third-order valence-electron chi connectivity index (χ3n) is 3.42. The van der Waals surface area contributed by atoms with Gasteiger partial charge in [0.2, 0.25) is 5.28 Å². The molecule has 7 heteroatoms. The molecule has 0 amide bonds. The first-order valence-electron chi connectivity index (χ1n) is 6.54. The Labute approximate surface area is 130 Å². The zero-order valence-corrected chi connectivity index (χ0v) is 13.7. The third-order valence-corrected chi connectivity index (χ3v) is 4.92. The van der Waals surface area contributed by atoms with Crippen molar-refractivity contribution in [3.63, 3.8) is 0 Å². The van der Waals surface area contributed by atoms with Crippen molar-refractivity contribution in [1.29, 1.82) is 0 Å². The quantitative estimate of drug-likeness (QED) is 0.659. The molecule has 3 rings (SSSR count). The van der Waals surface area contributed by atoms with Gasteiger partial charge in [0.15, 0.2) is 5.82 Å². The largest absolute Gasteiger partial charge is 0.270 e. The minimum absolute atomic E-state index is 0.0430. The van der Waals surface area contributed by atoms with Crippen molar-refractivity contribution < 1.29 is 4.39 Å². The Morgan fingerprint density at radius 3 is 2.76 bits per heavy atom. The molecule has 0 aliphatic rings. The van der Waals surface area contributed by atoms with E-state index in [2.05, 4.69) is 28.9 Å². The lowest BCUT2D eigenvalue weighted by Crippen LogP contribution is -2.00. The summed E-state index contributed by atoms with van der Waals surface area (Å²) in [7, 11) is 1.93. The number of fused-ring (bicyclic) bond motifs is 1. The van der Waals surface area contributed by atoms with Gasteiger partial charge < -0.3 is 0 Å². The number of hydrogen-bond acceptors (Lipinski definition) is 4. The second-order valence-electron chi connectivity index (χ2n) is 5.23. The Morgan fingerprint density at radius 2 is 2.10 bits per heavy atom. The van der Waals surface area contributed by atoms with Crippen LogP contribution < -0.4 is 0 Å². The van der Waals surface area contributed by atoms with Gasteiger partial charge in [-0.3, -0.25) is 4.68 Å². The van der Waals surface area contributed by atoms with Crippen LogP contribution in [0.3, 0.4) is 0 Å². The number of halogens is 2. The fourth-order valence-corrected chi connectivity index (χ4v) is 4.11. The van der Waals surface area contributed by atoms with Gasteiger partial charge in [0.1, 0.15) is 11.2 Å². The summed E-state index contributed by atoms with van der Waals surface area (Å²) in [4.78, 5) is 8.45. The van der Waals surface area contributed by atoms with E-state index in [0.717, 1.165) is 32.5 Å². The molecule has 3 aromatic heterocycles. The van der Waals surface area contributed by atoms with E-state index in [4.69, 9.17) is 11.6 Å². The predicted molar refractivity (Wildman–Crippen MR) is 83.4 cm³/mol. The monoisotopic (exact) mass is 324 g/mol. The molecule has 0 saturated carbocycles. The SMILES string of the molecule is Cc1c(-c2nc(Cl)ncc2F)sc2c(C(C)C)n(C)nc12. The maximum Gasteiger partial charge on any atom is 0.223 e. The highest BCUT2D eigenvalue weighted by Crippen LogP contribution is 2.41. The first-order chi connectivity index (χ1) is 9.90. The molecule has 0 atom stereocenters. The lowest BCUT2D eigenvalue weighted by Gasteiger charge is -2.05. The number of hydrogen-bond donors (Lipinski definition) is 0. The van der Waals surface area contributed by atoms with Gasteiger partial charge >= 0.3 is 0 Å². The molecule has 21 heavy (non-hydrogen) atoms. The van der Waals surface area contributed by atoms with Crippen molar-refractivity contribution in [1.82, 2.24) is 19.7 Å². The van der Waals surface area contributed by atoms with Crippen LogP contribution in [0.25, 0.3) is 20.8 Å². The molecule has 0 aliphatic heterocycles. The van der Waals surface area contributed by atoms with E-state index in [9.17, 15) is 4.39 Å². The van der Waals surface area contributed by atoms with Crippen LogP contribution in [-0.2, 0) is 7.05 Å². The fraction of sp³-hybridized carbons (Fsp3) is 0.357. The van der Waals surface area contributed by atoms with Crippen molar-refractivity contribution in [2.75, 3.05) is 0 Å². The average Bonchev–Trinajstić information content (AvgIpc) is 2.89. The fourth-order valence-electron chi connectivity index (χ4n) is 2.52. The summed E-state index contributed by atoms with van der Waals surface area (Å²) in [6.07, 6.45) is 1.10. The van der Waals surface area contributed by atoms with Crippen LogP contribution in [0.2, 0.25) is 5.28 Å². The molecule has 0 saturated heterocycles. The maximum atomic E-state index is 14.0. The molecule has 0 N–H and O–H groups in total. The van der Waals surface area contributed by atoms with Crippen LogP contribution in [-0.4, -0.2) is 19.7 Å². The third kappa shape index (κ3) is 2.22. The summed E-state index contributed by atoms with van der Waals surface area (Å²) in [6.45, 7) is 6.17.